The zero-order valence-electron chi connectivity index (χ0n) is 14.1. The second-order valence-corrected chi connectivity index (χ2v) is 6.18. The number of benzene rings is 2. The largest absolute Gasteiger partial charge is 0.322 e. The third kappa shape index (κ3) is 3.86. The molecule has 2 aromatic carbocycles. The second-order valence-electron chi connectivity index (χ2n) is 5.78. The standard InChI is InChI=1S/C20H14ClN5O/c21-17-7-2-1-4-14(17)8-11-20(27)23-16-6-3-5-15(12-16)18-9-10-19-24-22-13-26(19)25-18/h1-13H,(H,23,27)/b11-8+. The Kier molecular flexibility index (Phi) is 4.63. The minimum absolute atomic E-state index is 0.241. The van der Waals surface area contributed by atoms with Crippen molar-refractivity contribution in [2.24, 2.45) is 0 Å². The molecule has 2 heterocycles. The number of anilines is 1. The van der Waals surface area contributed by atoms with Gasteiger partial charge in [0.1, 0.15) is 6.33 Å². The van der Waals surface area contributed by atoms with E-state index in [9.17, 15) is 4.79 Å². The fourth-order valence-corrected chi connectivity index (χ4v) is 2.80. The minimum Gasteiger partial charge on any atom is -0.322 e. The summed E-state index contributed by atoms with van der Waals surface area (Å²) >= 11 is 6.09. The molecule has 4 rings (SSSR count). The summed E-state index contributed by atoms with van der Waals surface area (Å²) in [5.41, 5.74) is 3.76. The van der Waals surface area contributed by atoms with E-state index in [4.69, 9.17) is 11.6 Å². The molecule has 0 spiro atoms. The van der Waals surface area contributed by atoms with Crippen LogP contribution in [0.15, 0.2) is 73.1 Å². The molecule has 0 aliphatic heterocycles. The van der Waals surface area contributed by atoms with Crippen LogP contribution in [0, 0.1) is 0 Å². The van der Waals surface area contributed by atoms with E-state index in [1.165, 1.54) is 6.08 Å². The summed E-state index contributed by atoms with van der Waals surface area (Å²) in [6.07, 6.45) is 4.68. The van der Waals surface area contributed by atoms with Gasteiger partial charge < -0.3 is 5.32 Å². The molecule has 27 heavy (non-hydrogen) atoms. The number of fused-ring (bicyclic) bond motifs is 1. The average molecular weight is 376 g/mol. The third-order valence-corrected chi connectivity index (χ3v) is 4.25. The minimum atomic E-state index is -0.241. The Hall–Kier alpha value is -3.51. The molecule has 4 aromatic rings. The van der Waals surface area contributed by atoms with Crippen molar-refractivity contribution in [3.8, 4) is 11.3 Å². The Morgan fingerprint density at radius 3 is 2.85 bits per heavy atom. The number of rotatable bonds is 4. The van der Waals surface area contributed by atoms with Crippen LogP contribution >= 0.6 is 11.6 Å². The molecule has 0 saturated heterocycles. The maximum Gasteiger partial charge on any atom is 0.248 e. The molecule has 6 nitrogen and oxygen atoms in total. The van der Waals surface area contributed by atoms with Crippen LogP contribution in [0.4, 0.5) is 5.69 Å². The van der Waals surface area contributed by atoms with E-state index < -0.39 is 0 Å². The molecule has 7 heteroatoms. The predicted molar refractivity (Wildman–Crippen MR) is 105 cm³/mol. The van der Waals surface area contributed by atoms with Gasteiger partial charge >= 0.3 is 0 Å². The van der Waals surface area contributed by atoms with Crippen LogP contribution in [-0.2, 0) is 4.79 Å². The van der Waals surface area contributed by atoms with Crippen molar-refractivity contribution in [3.63, 3.8) is 0 Å². The number of hydrogen-bond acceptors (Lipinski definition) is 4. The van der Waals surface area contributed by atoms with Crippen molar-refractivity contribution in [3.05, 3.63) is 83.7 Å². The SMILES string of the molecule is O=C(/C=C/c1ccccc1Cl)Nc1cccc(-c2ccc3nncn3n2)c1. The lowest BCUT2D eigenvalue weighted by Gasteiger charge is -2.06. The number of nitrogens with zero attached hydrogens (tertiary/aromatic N) is 4. The van der Waals surface area contributed by atoms with Crippen LogP contribution in [0.1, 0.15) is 5.56 Å². The number of carbonyl (C=O) groups is 1. The maximum atomic E-state index is 12.2. The van der Waals surface area contributed by atoms with E-state index in [0.29, 0.717) is 16.4 Å². The lowest BCUT2D eigenvalue weighted by Crippen LogP contribution is -2.07. The highest BCUT2D eigenvalue weighted by Gasteiger charge is 2.05. The highest BCUT2D eigenvalue weighted by atomic mass is 35.5. The molecule has 0 unspecified atom stereocenters. The molecular formula is C20H14ClN5O. The highest BCUT2D eigenvalue weighted by Crippen LogP contribution is 2.21. The molecule has 0 fully saturated rings. The van der Waals surface area contributed by atoms with Gasteiger partial charge in [0.25, 0.3) is 0 Å². The molecule has 1 N–H and O–H groups in total. The molecule has 0 aliphatic carbocycles. The van der Waals surface area contributed by atoms with Gasteiger partial charge in [0, 0.05) is 22.3 Å². The van der Waals surface area contributed by atoms with E-state index >= 15 is 0 Å². The maximum absolute atomic E-state index is 12.2. The number of aromatic nitrogens is 4. The topological polar surface area (TPSA) is 72.2 Å². The van der Waals surface area contributed by atoms with E-state index in [1.54, 1.807) is 23.0 Å². The van der Waals surface area contributed by atoms with Gasteiger partial charge in [-0.15, -0.1) is 10.2 Å². The molecular weight excluding hydrogens is 362 g/mol. The smallest absolute Gasteiger partial charge is 0.248 e. The Morgan fingerprint density at radius 2 is 1.96 bits per heavy atom. The number of hydrogen-bond donors (Lipinski definition) is 1. The van der Waals surface area contributed by atoms with E-state index in [-0.39, 0.29) is 5.91 Å². The second kappa shape index (κ2) is 7.39. The van der Waals surface area contributed by atoms with Crippen LogP contribution in [0.5, 0.6) is 0 Å². The van der Waals surface area contributed by atoms with Crippen molar-refractivity contribution in [1.82, 2.24) is 19.8 Å². The molecule has 2 aromatic heterocycles. The zero-order chi connectivity index (χ0) is 18.6. The van der Waals surface area contributed by atoms with E-state index in [2.05, 4.69) is 20.6 Å². The van der Waals surface area contributed by atoms with Gasteiger partial charge in [0.15, 0.2) is 5.65 Å². The van der Waals surface area contributed by atoms with E-state index in [1.807, 2.05) is 54.6 Å². The van der Waals surface area contributed by atoms with Crippen LogP contribution in [-0.4, -0.2) is 25.7 Å². The summed E-state index contributed by atoms with van der Waals surface area (Å²) in [5, 5.41) is 15.7. The number of amides is 1. The van der Waals surface area contributed by atoms with Crippen molar-refractivity contribution in [1.29, 1.82) is 0 Å². The summed E-state index contributed by atoms with van der Waals surface area (Å²) in [6, 6.07) is 18.5. The quantitative estimate of drug-likeness (QED) is 0.545. The van der Waals surface area contributed by atoms with E-state index in [0.717, 1.165) is 16.8 Å². The van der Waals surface area contributed by atoms with Gasteiger partial charge in [0.05, 0.1) is 5.69 Å². The molecule has 0 radical (unpaired) electrons. The summed E-state index contributed by atoms with van der Waals surface area (Å²) in [6.45, 7) is 0. The molecule has 132 valence electrons. The number of carbonyl (C=O) groups excluding carboxylic acids is 1. The van der Waals surface area contributed by atoms with Crippen molar-refractivity contribution < 1.29 is 4.79 Å². The van der Waals surface area contributed by atoms with Crippen molar-refractivity contribution in [2.45, 2.75) is 0 Å². The molecule has 1 amide bonds. The Morgan fingerprint density at radius 1 is 1.07 bits per heavy atom. The summed E-state index contributed by atoms with van der Waals surface area (Å²) < 4.78 is 1.60. The first kappa shape index (κ1) is 16.9. The number of nitrogens with one attached hydrogen (secondary N) is 1. The lowest BCUT2D eigenvalue weighted by molar-refractivity contribution is -0.111. The molecule has 0 atom stereocenters. The van der Waals surface area contributed by atoms with Gasteiger partial charge in [-0.2, -0.15) is 9.61 Å². The Balaban J connectivity index is 1.52. The Labute approximate surface area is 160 Å². The summed E-state index contributed by atoms with van der Waals surface area (Å²) in [4.78, 5) is 12.2. The first-order valence-electron chi connectivity index (χ1n) is 8.20. The average Bonchev–Trinajstić information content (AvgIpc) is 3.15. The van der Waals surface area contributed by atoms with Gasteiger partial charge in [-0.3, -0.25) is 4.79 Å². The highest BCUT2D eigenvalue weighted by molar-refractivity contribution is 6.32. The van der Waals surface area contributed by atoms with Crippen LogP contribution < -0.4 is 5.32 Å². The van der Waals surface area contributed by atoms with Crippen LogP contribution in [0.2, 0.25) is 5.02 Å². The molecule has 0 aliphatic rings. The first-order chi connectivity index (χ1) is 13.2. The predicted octanol–water partition coefficient (Wildman–Crippen LogP) is 4.10. The molecule has 0 saturated carbocycles. The van der Waals surface area contributed by atoms with Crippen molar-refractivity contribution in [2.75, 3.05) is 5.32 Å². The van der Waals surface area contributed by atoms with Gasteiger partial charge in [-0.05, 0) is 42.0 Å². The Bertz CT molecular complexity index is 1150. The number of halogens is 1. The summed E-state index contributed by atoms with van der Waals surface area (Å²) in [5.74, 6) is -0.241. The van der Waals surface area contributed by atoms with Gasteiger partial charge in [0.2, 0.25) is 5.91 Å². The van der Waals surface area contributed by atoms with Crippen LogP contribution in [0.3, 0.4) is 0 Å². The monoisotopic (exact) mass is 375 g/mol. The van der Waals surface area contributed by atoms with Gasteiger partial charge in [-0.1, -0.05) is 41.9 Å². The van der Waals surface area contributed by atoms with Crippen LogP contribution in [0.25, 0.3) is 23.0 Å². The molecule has 0 bridgehead atoms. The zero-order valence-corrected chi connectivity index (χ0v) is 14.8. The fraction of sp³-hybridized carbons (Fsp3) is 0. The third-order valence-electron chi connectivity index (χ3n) is 3.91. The van der Waals surface area contributed by atoms with Gasteiger partial charge in [-0.25, -0.2) is 0 Å². The lowest BCUT2D eigenvalue weighted by atomic mass is 10.1. The first-order valence-corrected chi connectivity index (χ1v) is 8.58. The van der Waals surface area contributed by atoms with Crippen molar-refractivity contribution >= 4 is 34.9 Å². The normalized spacial score (nSPS) is 11.1. The summed E-state index contributed by atoms with van der Waals surface area (Å²) in [7, 11) is 0. The fourth-order valence-electron chi connectivity index (χ4n) is 2.60.